The maximum atomic E-state index is 13.0. The number of rotatable bonds is 5. The number of carboxylic acid groups (broad SMARTS) is 1. The molecule has 6 nitrogen and oxygen atoms in total. The van der Waals surface area contributed by atoms with Crippen LogP contribution < -0.4 is 4.74 Å². The first-order valence-electron chi connectivity index (χ1n) is 9.47. The van der Waals surface area contributed by atoms with Gasteiger partial charge in [0.15, 0.2) is 0 Å². The number of carbonyl (C=O) groups excluding carboxylic acids is 1. The van der Waals surface area contributed by atoms with Crippen LogP contribution in [0, 0.1) is 5.92 Å². The summed E-state index contributed by atoms with van der Waals surface area (Å²) in [5.41, 5.74) is 1.14. The van der Waals surface area contributed by atoms with Crippen molar-refractivity contribution < 1.29 is 19.4 Å². The van der Waals surface area contributed by atoms with Gasteiger partial charge in [0, 0.05) is 13.1 Å². The van der Waals surface area contributed by atoms with Crippen molar-refractivity contribution in [1.82, 2.24) is 9.80 Å². The van der Waals surface area contributed by atoms with Crippen molar-refractivity contribution in [1.29, 1.82) is 0 Å². The van der Waals surface area contributed by atoms with Crippen molar-refractivity contribution in [3.63, 3.8) is 0 Å². The van der Waals surface area contributed by atoms with Crippen LogP contribution in [0.15, 0.2) is 24.3 Å². The van der Waals surface area contributed by atoms with E-state index in [1.54, 1.807) is 7.11 Å². The van der Waals surface area contributed by atoms with Gasteiger partial charge in [0.2, 0.25) is 5.91 Å². The van der Waals surface area contributed by atoms with E-state index in [4.69, 9.17) is 9.84 Å². The van der Waals surface area contributed by atoms with E-state index in [1.807, 2.05) is 34.1 Å². The average Bonchev–Trinajstić information content (AvgIpc) is 2.97. The molecule has 0 aliphatic carbocycles. The van der Waals surface area contributed by atoms with Crippen molar-refractivity contribution in [2.45, 2.75) is 38.1 Å². The fourth-order valence-corrected chi connectivity index (χ4v) is 4.04. The summed E-state index contributed by atoms with van der Waals surface area (Å²) in [6.45, 7) is 2.24. The van der Waals surface area contributed by atoms with Gasteiger partial charge >= 0.3 is 5.97 Å². The van der Waals surface area contributed by atoms with Crippen LogP contribution in [-0.2, 0) is 9.59 Å². The Morgan fingerprint density at radius 3 is 2.48 bits per heavy atom. The molecule has 150 valence electrons. The Bertz CT molecular complexity index is 637. The molecule has 2 unspecified atom stereocenters. The number of halogens is 1. The summed E-state index contributed by atoms with van der Waals surface area (Å²) in [6.07, 6.45) is 4.88. The minimum absolute atomic E-state index is 0. The van der Waals surface area contributed by atoms with Crippen molar-refractivity contribution >= 4 is 24.3 Å². The first kappa shape index (κ1) is 21.5. The summed E-state index contributed by atoms with van der Waals surface area (Å²) in [4.78, 5) is 28.1. The minimum atomic E-state index is -0.758. The monoisotopic (exact) mass is 396 g/mol. The van der Waals surface area contributed by atoms with Crippen molar-refractivity contribution in [2.75, 3.05) is 33.3 Å². The smallest absolute Gasteiger partial charge is 0.307 e. The van der Waals surface area contributed by atoms with Gasteiger partial charge in [-0.3, -0.25) is 14.5 Å². The number of aliphatic carboxylic acids is 1. The highest BCUT2D eigenvalue weighted by Crippen LogP contribution is 2.31. The fraction of sp³-hybridized carbons (Fsp3) is 0.600. The first-order valence-corrected chi connectivity index (χ1v) is 9.47. The lowest BCUT2D eigenvalue weighted by Crippen LogP contribution is -2.41. The molecule has 0 saturated carbocycles. The van der Waals surface area contributed by atoms with E-state index in [0.29, 0.717) is 26.1 Å². The van der Waals surface area contributed by atoms with E-state index in [1.165, 1.54) is 0 Å². The number of carbonyl (C=O) groups is 2. The number of hydrogen-bond donors (Lipinski definition) is 1. The van der Waals surface area contributed by atoms with Crippen LogP contribution >= 0.6 is 12.4 Å². The Balaban J connectivity index is 0.00000261. The van der Waals surface area contributed by atoms with E-state index in [9.17, 15) is 9.59 Å². The zero-order valence-electron chi connectivity index (χ0n) is 15.8. The molecule has 2 atom stereocenters. The van der Waals surface area contributed by atoms with Crippen LogP contribution in [0.2, 0.25) is 0 Å². The Kier molecular flexibility index (Phi) is 7.92. The lowest BCUT2D eigenvalue weighted by Gasteiger charge is -2.32. The number of amides is 1. The Labute approximate surface area is 166 Å². The molecule has 2 heterocycles. The van der Waals surface area contributed by atoms with E-state index in [-0.39, 0.29) is 30.3 Å². The van der Waals surface area contributed by atoms with Crippen molar-refractivity contribution in [3.05, 3.63) is 29.8 Å². The van der Waals surface area contributed by atoms with Gasteiger partial charge in [0.05, 0.1) is 25.6 Å². The van der Waals surface area contributed by atoms with Crippen molar-refractivity contribution in [2.24, 2.45) is 5.92 Å². The number of nitrogens with zero attached hydrogens (tertiary/aromatic N) is 2. The number of ether oxygens (including phenoxy) is 1. The molecule has 0 spiro atoms. The predicted molar refractivity (Wildman–Crippen MR) is 105 cm³/mol. The lowest BCUT2D eigenvalue weighted by atomic mass is 10.0. The molecule has 27 heavy (non-hydrogen) atoms. The highest BCUT2D eigenvalue weighted by atomic mass is 35.5. The predicted octanol–water partition coefficient (Wildman–Crippen LogP) is 2.97. The SMILES string of the molecule is COc1ccc(C2CCCCCN2C(=O)CN2CCC(C(=O)O)C2)cc1.Cl. The molecule has 0 radical (unpaired) electrons. The molecule has 0 aromatic heterocycles. The van der Waals surface area contributed by atoms with Crippen LogP contribution in [0.25, 0.3) is 0 Å². The number of hydrogen-bond acceptors (Lipinski definition) is 4. The topological polar surface area (TPSA) is 70.1 Å². The maximum absolute atomic E-state index is 13.0. The Morgan fingerprint density at radius 1 is 1.11 bits per heavy atom. The molecule has 7 heteroatoms. The zero-order chi connectivity index (χ0) is 18.5. The van der Waals surface area contributed by atoms with Crippen LogP contribution in [0.5, 0.6) is 5.75 Å². The standard InChI is InChI=1S/C20H28N2O4.ClH/c1-26-17-8-6-15(7-9-17)18-5-3-2-4-11-22(18)19(23)14-21-12-10-16(13-21)20(24)25;/h6-9,16,18H,2-5,10-14H2,1H3,(H,24,25);1H. The van der Waals surface area contributed by atoms with Crippen LogP contribution in [0.3, 0.4) is 0 Å². The molecule has 0 bridgehead atoms. The highest BCUT2D eigenvalue weighted by Gasteiger charge is 2.32. The van der Waals surface area contributed by atoms with E-state index >= 15 is 0 Å². The zero-order valence-corrected chi connectivity index (χ0v) is 16.6. The molecule has 2 aliphatic heterocycles. The highest BCUT2D eigenvalue weighted by molar-refractivity contribution is 5.85. The van der Waals surface area contributed by atoms with E-state index < -0.39 is 5.97 Å². The number of methoxy groups -OCH3 is 1. The molecule has 1 N–H and O–H groups in total. The normalized spacial score (nSPS) is 23.4. The Hall–Kier alpha value is -1.79. The number of carboxylic acids is 1. The van der Waals surface area contributed by atoms with Gasteiger partial charge in [0.25, 0.3) is 0 Å². The summed E-state index contributed by atoms with van der Waals surface area (Å²) >= 11 is 0. The molecule has 1 aromatic carbocycles. The third-order valence-corrected chi connectivity index (χ3v) is 5.55. The van der Waals surface area contributed by atoms with Crippen LogP contribution in [-0.4, -0.2) is 60.1 Å². The summed E-state index contributed by atoms with van der Waals surface area (Å²) in [6, 6.07) is 8.08. The quantitative estimate of drug-likeness (QED) is 0.828. The molecule has 1 amide bonds. The average molecular weight is 397 g/mol. The second-order valence-electron chi connectivity index (χ2n) is 7.28. The first-order chi connectivity index (χ1) is 12.6. The summed E-state index contributed by atoms with van der Waals surface area (Å²) < 4.78 is 5.24. The molecule has 3 rings (SSSR count). The lowest BCUT2D eigenvalue weighted by molar-refractivity contribution is -0.142. The van der Waals surface area contributed by atoms with Crippen LogP contribution in [0.4, 0.5) is 0 Å². The summed E-state index contributed by atoms with van der Waals surface area (Å²) in [5.74, 6) is -0.175. The third kappa shape index (κ3) is 5.36. The van der Waals surface area contributed by atoms with Gasteiger partial charge in [-0.1, -0.05) is 25.0 Å². The van der Waals surface area contributed by atoms with Crippen LogP contribution in [0.1, 0.15) is 43.7 Å². The van der Waals surface area contributed by atoms with Gasteiger partial charge < -0.3 is 14.7 Å². The van der Waals surface area contributed by atoms with Gasteiger partial charge in [-0.25, -0.2) is 0 Å². The molecule has 2 saturated heterocycles. The van der Waals surface area contributed by atoms with Gasteiger partial charge in [-0.15, -0.1) is 12.4 Å². The van der Waals surface area contributed by atoms with Crippen molar-refractivity contribution in [3.8, 4) is 5.75 Å². The minimum Gasteiger partial charge on any atom is -0.497 e. The Morgan fingerprint density at radius 2 is 1.85 bits per heavy atom. The number of likely N-dealkylation sites (tertiary alicyclic amines) is 2. The summed E-state index contributed by atoms with van der Waals surface area (Å²) in [5, 5.41) is 9.15. The summed E-state index contributed by atoms with van der Waals surface area (Å²) in [7, 11) is 1.65. The van der Waals surface area contributed by atoms with E-state index in [0.717, 1.165) is 43.5 Å². The molecular formula is C20H29ClN2O4. The van der Waals surface area contributed by atoms with E-state index in [2.05, 4.69) is 0 Å². The van der Waals surface area contributed by atoms with Gasteiger partial charge in [-0.2, -0.15) is 0 Å². The molecule has 2 fully saturated rings. The fourth-order valence-electron chi connectivity index (χ4n) is 4.04. The molecule has 2 aliphatic rings. The van der Waals surface area contributed by atoms with Gasteiger partial charge in [0.1, 0.15) is 5.75 Å². The largest absolute Gasteiger partial charge is 0.497 e. The molecular weight excluding hydrogens is 368 g/mol. The van der Waals surface area contributed by atoms with Gasteiger partial charge in [-0.05, 0) is 43.5 Å². The number of benzene rings is 1. The third-order valence-electron chi connectivity index (χ3n) is 5.55. The molecule has 1 aromatic rings. The maximum Gasteiger partial charge on any atom is 0.307 e. The second-order valence-corrected chi connectivity index (χ2v) is 7.28. The second kappa shape index (κ2) is 9.95.